The topological polar surface area (TPSA) is 61.8 Å². The van der Waals surface area contributed by atoms with Crippen molar-refractivity contribution < 1.29 is 23.8 Å². The Kier molecular flexibility index (Phi) is 2.09. The average molecular weight is 240 g/mol. The van der Waals surface area contributed by atoms with E-state index in [1.54, 1.807) is 13.8 Å². The molecule has 0 N–H and O–H groups in total. The predicted molar refractivity (Wildman–Crippen MR) is 56.0 cm³/mol. The van der Waals surface area contributed by atoms with Gasteiger partial charge in [-0.3, -0.25) is 9.59 Å². The first-order chi connectivity index (χ1) is 7.93. The van der Waals surface area contributed by atoms with Crippen molar-refractivity contribution in [1.29, 1.82) is 0 Å². The zero-order valence-corrected chi connectivity index (χ0v) is 10.1. The van der Waals surface area contributed by atoms with Crippen LogP contribution in [0, 0.1) is 11.3 Å². The van der Waals surface area contributed by atoms with Gasteiger partial charge in [-0.25, -0.2) is 0 Å². The Morgan fingerprint density at radius 3 is 2.88 bits per heavy atom. The maximum Gasteiger partial charge on any atom is 0.315 e. The van der Waals surface area contributed by atoms with Crippen LogP contribution >= 0.6 is 0 Å². The monoisotopic (exact) mass is 240 g/mol. The molecule has 0 aliphatic carbocycles. The smallest absolute Gasteiger partial charge is 0.315 e. The molecule has 0 aromatic rings. The summed E-state index contributed by atoms with van der Waals surface area (Å²) in [5.41, 5.74) is -0.532. The van der Waals surface area contributed by atoms with Crippen LogP contribution in [0.15, 0.2) is 0 Å². The molecule has 3 heterocycles. The van der Waals surface area contributed by atoms with Gasteiger partial charge in [0.25, 0.3) is 0 Å². The summed E-state index contributed by atoms with van der Waals surface area (Å²) in [6.45, 7) is 5.42. The molecule has 3 aliphatic rings. The van der Waals surface area contributed by atoms with Crippen LogP contribution in [0.25, 0.3) is 0 Å². The minimum absolute atomic E-state index is 0.183. The molecule has 0 radical (unpaired) electrons. The SMILES string of the molecule is CC(C)C(=O)OC1C2CC3(C)C(=O)OC1C3O2. The quantitative estimate of drug-likeness (QED) is 0.663. The highest BCUT2D eigenvalue weighted by atomic mass is 16.7. The van der Waals surface area contributed by atoms with E-state index < -0.39 is 17.6 Å². The second kappa shape index (κ2) is 3.22. The Morgan fingerprint density at radius 1 is 1.53 bits per heavy atom. The lowest BCUT2D eigenvalue weighted by atomic mass is 9.76. The van der Waals surface area contributed by atoms with E-state index in [9.17, 15) is 9.59 Å². The molecule has 0 amide bonds. The van der Waals surface area contributed by atoms with Crippen molar-refractivity contribution >= 4 is 11.9 Å². The summed E-state index contributed by atoms with van der Waals surface area (Å²) >= 11 is 0. The molecule has 3 saturated heterocycles. The Hall–Kier alpha value is -1.10. The minimum Gasteiger partial charge on any atom is -0.455 e. The molecule has 5 atom stereocenters. The maximum absolute atomic E-state index is 11.7. The highest BCUT2D eigenvalue weighted by molar-refractivity contribution is 5.81. The lowest BCUT2D eigenvalue weighted by Crippen LogP contribution is -2.44. The van der Waals surface area contributed by atoms with Crippen molar-refractivity contribution in [2.24, 2.45) is 11.3 Å². The number of carbonyl (C=O) groups is 2. The van der Waals surface area contributed by atoms with E-state index >= 15 is 0 Å². The van der Waals surface area contributed by atoms with E-state index in [1.165, 1.54) is 0 Å². The van der Waals surface area contributed by atoms with Crippen LogP contribution in [-0.2, 0) is 23.8 Å². The van der Waals surface area contributed by atoms with Gasteiger partial charge in [0.2, 0.25) is 0 Å². The van der Waals surface area contributed by atoms with Crippen molar-refractivity contribution in [2.75, 3.05) is 0 Å². The molecule has 2 bridgehead atoms. The van der Waals surface area contributed by atoms with Crippen LogP contribution < -0.4 is 0 Å². The summed E-state index contributed by atoms with van der Waals surface area (Å²) in [6, 6.07) is 0. The van der Waals surface area contributed by atoms with Crippen molar-refractivity contribution in [1.82, 2.24) is 0 Å². The van der Waals surface area contributed by atoms with E-state index in [0.717, 1.165) is 0 Å². The Balaban J connectivity index is 1.79. The molecule has 94 valence electrons. The van der Waals surface area contributed by atoms with Crippen LogP contribution in [0.4, 0.5) is 0 Å². The van der Waals surface area contributed by atoms with Crippen LogP contribution in [0.3, 0.4) is 0 Å². The summed E-state index contributed by atoms with van der Waals surface area (Å²) in [5, 5.41) is 0. The number of carbonyl (C=O) groups excluding carboxylic acids is 2. The summed E-state index contributed by atoms with van der Waals surface area (Å²) in [4.78, 5) is 23.3. The summed E-state index contributed by atoms with van der Waals surface area (Å²) in [6.07, 6.45) is -0.680. The normalized spacial score (nSPS) is 46.5. The summed E-state index contributed by atoms with van der Waals surface area (Å²) in [5.74, 6) is -0.675. The third-order valence-electron chi connectivity index (χ3n) is 4.00. The molecule has 5 unspecified atom stereocenters. The van der Waals surface area contributed by atoms with Crippen LogP contribution in [0.1, 0.15) is 27.2 Å². The van der Waals surface area contributed by atoms with Gasteiger partial charge in [0.15, 0.2) is 12.2 Å². The van der Waals surface area contributed by atoms with E-state index in [0.29, 0.717) is 6.42 Å². The molecule has 5 nitrogen and oxygen atoms in total. The second-order valence-electron chi connectivity index (χ2n) is 5.64. The zero-order valence-electron chi connectivity index (χ0n) is 10.1. The summed E-state index contributed by atoms with van der Waals surface area (Å²) in [7, 11) is 0. The first kappa shape index (κ1) is 11.0. The standard InChI is InChI=1S/C12H16O5/c1-5(2)10(13)16-7-6-4-12(3)9(15-6)8(7)17-11(12)14/h5-9H,4H2,1-3H3. The fourth-order valence-electron chi connectivity index (χ4n) is 2.94. The number of fused-ring (bicyclic) bond motifs is 1. The molecule has 0 spiro atoms. The molecular formula is C12H16O5. The molecule has 17 heavy (non-hydrogen) atoms. The highest BCUT2D eigenvalue weighted by Gasteiger charge is 2.71. The van der Waals surface area contributed by atoms with Gasteiger partial charge >= 0.3 is 11.9 Å². The minimum atomic E-state index is -0.532. The van der Waals surface area contributed by atoms with Gasteiger partial charge in [-0.1, -0.05) is 13.8 Å². The van der Waals surface area contributed by atoms with Gasteiger partial charge in [0, 0.05) is 0 Å². The number of ether oxygens (including phenoxy) is 3. The van der Waals surface area contributed by atoms with Gasteiger partial charge < -0.3 is 14.2 Å². The van der Waals surface area contributed by atoms with Crippen LogP contribution in [0.2, 0.25) is 0 Å². The predicted octanol–water partition coefficient (Wildman–Crippen LogP) is 0.657. The number of esters is 2. The molecular weight excluding hydrogens is 224 g/mol. The van der Waals surface area contributed by atoms with Crippen LogP contribution in [0.5, 0.6) is 0 Å². The Morgan fingerprint density at radius 2 is 2.24 bits per heavy atom. The van der Waals surface area contributed by atoms with E-state index in [2.05, 4.69) is 0 Å². The second-order valence-corrected chi connectivity index (χ2v) is 5.64. The lowest BCUT2D eigenvalue weighted by Gasteiger charge is -2.26. The van der Waals surface area contributed by atoms with Gasteiger partial charge in [0.1, 0.15) is 12.2 Å². The molecule has 3 rings (SSSR count). The van der Waals surface area contributed by atoms with E-state index in [-0.39, 0.29) is 30.1 Å². The molecule has 0 aromatic carbocycles. The van der Waals surface area contributed by atoms with Gasteiger partial charge in [0.05, 0.1) is 11.3 Å². The zero-order chi connectivity index (χ0) is 12.4. The molecule has 3 aliphatic heterocycles. The van der Waals surface area contributed by atoms with Gasteiger partial charge in [-0.15, -0.1) is 0 Å². The fourth-order valence-corrected chi connectivity index (χ4v) is 2.94. The van der Waals surface area contributed by atoms with Crippen molar-refractivity contribution in [2.45, 2.75) is 51.6 Å². The molecule has 3 fully saturated rings. The average Bonchev–Trinajstić information content (AvgIpc) is 2.79. The van der Waals surface area contributed by atoms with E-state index in [1.807, 2.05) is 6.92 Å². The first-order valence-electron chi connectivity index (χ1n) is 6.00. The third-order valence-corrected chi connectivity index (χ3v) is 4.00. The van der Waals surface area contributed by atoms with Crippen LogP contribution in [-0.4, -0.2) is 36.4 Å². The van der Waals surface area contributed by atoms with Gasteiger partial charge in [-0.05, 0) is 13.3 Å². The number of rotatable bonds is 2. The van der Waals surface area contributed by atoms with Crippen molar-refractivity contribution in [3.05, 3.63) is 0 Å². The number of hydrogen-bond acceptors (Lipinski definition) is 5. The Bertz CT molecular complexity index is 390. The molecule has 0 aromatic heterocycles. The largest absolute Gasteiger partial charge is 0.455 e. The van der Waals surface area contributed by atoms with Gasteiger partial charge in [-0.2, -0.15) is 0 Å². The van der Waals surface area contributed by atoms with E-state index in [4.69, 9.17) is 14.2 Å². The maximum atomic E-state index is 11.7. The number of hydrogen-bond donors (Lipinski definition) is 0. The first-order valence-corrected chi connectivity index (χ1v) is 6.00. The Labute approximate surface area is 99.4 Å². The van der Waals surface area contributed by atoms with Crippen molar-refractivity contribution in [3.8, 4) is 0 Å². The van der Waals surface area contributed by atoms with Crippen molar-refractivity contribution in [3.63, 3.8) is 0 Å². The fraction of sp³-hybridized carbons (Fsp3) is 0.833. The lowest BCUT2D eigenvalue weighted by molar-refractivity contribution is -0.163. The summed E-state index contributed by atoms with van der Waals surface area (Å²) < 4.78 is 16.4. The highest BCUT2D eigenvalue weighted by Crippen LogP contribution is 2.55. The third kappa shape index (κ3) is 1.29. The molecule has 0 saturated carbocycles. The molecule has 5 heteroatoms.